The molecule has 1 aromatic heterocycles. The molecule has 0 saturated carbocycles. The van der Waals surface area contributed by atoms with E-state index in [4.69, 9.17) is 11.6 Å². The van der Waals surface area contributed by atoms with Gasteiger partial charge in [0.1, 0.15) is 0 Å². The number of piperazine rings is 1. The Labute approximate surface area is 208 Å². The fourth-order valence-corrected chi connectivity index (χ4v) is 5.44. The zero-order chi connectivity index (χ0) is 24.7. The summed E-state index contributed by atoms with van der Waals surface area (Å²) in [7, 11) is 0. The molecule has 11 heteroatoms. The van der Waals surface area contributed by atoms with E-state index >= 15 is 0 Å². The molecule has 1 atom stereocenters. The van der Waals surface area contributed by atoms with E-state index in [1.165, 1.54) is 28.6 Å². The van der Waals surface area contributed by atoms with Gasteiger partial charge in [-0.05, 0) is 60.2 Å². The highest BCUT2D eigenvalue weighted by Crippen LogP contribution is 2.35. The average Bonchev–Trinajstić information content (AvgIpc) is 3.37. The average molecular weight is 520 g/mol. The SMILES string of the molecule is C[C@@H]1CNCCN1C1=NC(=O)C(=Cc2ccc3c(cnn3Cc3ccc(Cl)cc3C(F)(F)F)c2)S1. The number of fused-ring (bicyclic) bond motifs is 1. The summed E-state index contributed by atoms with van der Waals surface area (Å²) in [4.78, 5) is 19.4. The summed E-state index contributed by atoms with van der Waals surface area (Å²) in [6, 6.07) is 9.47. The molecule has 3 aromatic rings. The van der Waals surface area contributed by atoms with Gasteiger partial charge in [0.15, 0.2) is 5.17 Å². The van der Waals surface area contributed by atoms with Crippen LogP contribution in [0.2, 0.25) is 5.02 Å². The minimum absolute atomic E-state index is 0.0296. The minimum atomic E-state index is -4.52. The molecule has 0 spiro atoms. The second-order valence-corrected chi connectivity index (χ2v) is 9.92. The topological polar surface area (TPSA) is 62.5 Å². The van der Waals surface area contributed by atoms with Crippen molar-refractivity contribution in [2.45, 2.75) is 25.7 Å². The van der Waals surface area contributed by atoms with Gasteiger partial charge in [-0.15, -0.1) is 0 Å². The lowest BCUT2D eigenvalue weighted by atomic mass is 10.1. The molecule has 2 aromatic carbocycles. The highest BCUT2D eigenvalue weighted by atomic mass is 35.5. The fourth-order valence-electron chi connectivity index (χ4n) is 4.23. The third-order valence-corrected chi connectivity index (χ3v) is 7.27. The number of nitrogens with one attached hydrogen (secondary N) is 1. The number of aliphatic imine (C=N–C) groups is 1. The van der Waals surface area contributed by atoms with Crippen molar-refractivity contribution in [3.63, 3.8) is 0 Å². The summed E-state index contributed by atoms with van der Waals surface area (Å²) in [6.45, 7) is 4.52. The molecular weight excluding hydrogens is 499 g/mol. The highest BCUT2D eigenvalue weighted by Gasteiger charge is 2.34. The van der Waals surface area contributed by atoms with Crippen LogP contribution in [-0.4, -0.2) is 51.4 Å². The largest absolute Gasteiger partial charge is 0.416 e. The first-order chi connectivity index (χ1) is 16.7. The summed E-state index contributed by atoms with van der Waals surface area (Å²) in [6.07, 6.45) is -1.12. The van der Waals surface area contributed by atoms with Crippen molar-refractivity contribution < 1.29 is 18.0 Å². The monoisotopic (exact) mass is 519 g/mol. The van der Waals surface area contributed by atoms with E-state index in [9.17, 15) is 18.0 Å². The molecule has 1 fully saturated rings. The lowest BCUT2D eigenvalue weighted by molar-refractivity contribution is -0.138. The van der Waals surface area contributed by atoms with Crippen molar-refractivity contribution in [2.24, 2.45) is 4.99 Å². The Morgan fingerprint density at radius 3 is 2.86 bits per heavy atom. The van der Waals surface area contributed by atoms with Gasteiger partial charge >= 0.3 is 6.18 Å². The Kier molecular flexibility index (Phi) is 6.37. The van der Waals surface area contributed by atoms with Crippen LogP contribution < -0.4 is 5.32 Å². The molecule has 182 valence electrons. The molecule has 1 amide bonds. The van der Waals surface area contributed by atoms with Crippen molar-refractivity contribution in [2.75, 3.05) is 19.6 Å². The fraction of sp³-hybridized carbons (Fsp3) is 0.292. The first-order valence-electron chi connectivity index (χ1n) is 11.0. The molecular formula is C24H21ClF3N5OS. The second-order valence-electron chi connectivity index (χ2n) is 8.48. The molecule has 0 bridgehead atoms. The summed E-state index contributed by atoms with van der Waals surface area (Å²) in [5.74, 6) is -0.269. The van der Waals surface area contributed by atoms with E-state index in [2.05, 4.69) is 27.2 Å². The number of alkyl halides is 3. The zero-order valence-corrected chi connectivity index (χ0v) is 20.2. The van der Waals surface area contributed by atoms with Crippen LogP contribution >= 0.6 is 23.4 Å². The van der Waals surface area contributed by atoms with Gasteiger partial charge < -0.3 is 10.2 Å². The Balaban J connectivity index is 1.37. The number of hydrogen-bond donors (Lipinski definition) is 1. The number of aromatic nitrogens is 2. The highest BCUT2D eigenvalue weighted by molar-refractivity contribution is 8.18. The third kappa shape index (κ3) is 4.96. The van der Waals surface area contributed by atoms with E-state index in [0.717, 1.165) is 36.7 Å². The molecule has 2 aliphatic heterocycles. The van der Waals surface area contributed by atoms with Crippen LogP contribution in [0.3, 0.4) is 0 Å². The number of thioether (sulfide) groups is 1. The van der Waals surface area contributed by atoms with Crippen LogP contribution in [0.4, 0.5) is 13.2 Å². The number of carbonyl (C=O) groups excluding carboxylic acids is 1. The predicted molar refractivity (Wildman–Crippen MR) is 132 cm³/mol. The smallest absolute Gasteiger partial charge is 0.346 e. The Morgan fingerprint density at radius 1 is 1.26 bits per heavy atom. The van der Waals surface area contributed by atoms with Gasteiger partial charge in [-0.25, -0.2) is 0 Å². The molecule has 0 unspecified atom stereocenters. The number of nitrogens with zero attached hydrogens (tertiary/aromatic N) is 4. The lowest BCUT2D eigenvalue weighted by Gasteiger charge is -2.34. The van der Waals surface area contributed by atoms with E-state index in [1.807, 2.05) is 12.1 Å². The zero-order valence-electron chi connectivity index (χ0n) is 18.6. The molecule has 6 nitrogen and oxygen atoms in total. The molecule has 0 aliphatic carbocycles. The Bertz CT molecular complexity index is 1370. The quantitative estimate of drug-likeness (QED) is 0.492. The van der Waals surface area contributed by atoms with Crippen molar-refractivity contribution >= 4 is 51.4 Å². The van der Waals surface area contributed by atoms with Gasteiger partial charge in [0.05, 0.1) is 28.7 Å². The van der Waals surface area contributed by atoms with Crippen molar-refractivity contribution in [3.05, 3.63) is 69.2 Å². The number of carbonyl (C=O) groups is 1. The van der Waals surface area contributed by atoms with Crippen LogP contribution in [-0.2, 0) is 17.5 Å². The summed E-state index contributed by atoms with van der Waals surface area (Å²) in [5.41, 5.74) is 0.784. The number of halogens is 4. The minimum Gasteiger partial charge on any atom is -0.346 e. The Morgan fingerprint density at radius 2 is 2.09 bits per heavy atom. The second kappa shape index (κ2) is 9.33. The summed E-state index contributed by atoms with van der Waals surface area (Å²) < 4.78 is 42.0. The van der Waals surface area contributed by atoms with Gasteiger partial charge in [-0.3, -0.25) is 9.48 Å². The molecule has 35 heavy (non-hydrogen) atoms. The van der Waals surface area contributed by atoms with Crippen molar-refractivity contribution in [1.82, 2.24) is 20.0 Å². The van der Waals surface area contributed by atoms with Gasteiger partial charge in [-0.2, -0.15) is 23.3 Å². The lowest BCUT2D eigenvalue weighted by Crippen LogP contribution is -2.51. The van der Waals surface area contributed by atoms with E-state index in [-0.39, 0.29) is 29.1 Å². The molecule has 2 aliphatic rings. The number of benzene rings is 2. The van der Waals surface area contributed by atoms with Crippen LogP contribution in [0.15, 0.2) is 52.5 Å². The van der Waals surface area contributed by atoms with E-state index in [1.54, 1.807) is 18.3 Å². The van der Waals surface area contributed by atoms with Crippen molar-refractivity contribution in [3.8, 4) is 0 Å². The van der Waals surface area contributed by atoms with Gasteiger partial charge in [0, 0.05) is 36.1 Å². The summed E-state index contributed by atoms with van der Waals surface area (Å²) in [5, 5.41) is 9.12. The number of amidine groups is 1. The van der Waals surface area contributed by atoms with Gasteiger partial charge in [-0.1, -0.05) is 23.7 Å². The number of rotatable bonds is 3. The molecule has 3 heterocycles. The summed E-state index contributed by atoms with van der Waals surface area (Å²) >= 11 is 7.15. The Hall–Kier alpha value is -2.82. The maximum Gasteiger partial charge on any atom is 0.416 e. The van der Waals surface area contributed by atoms with Crippen LogP contribution in [0.1, 0.15) is 23.6 Å². The molecule has 0 radical (unpaired) electrons. The maximum atomic E-state index is 13.5. The van der Waals surface area contributed by atoms with E-state index < -0.39 is 11.7 Å². The van der Waals surface area contributed by atoms with Gasteiger partial charge in [0.2, 0.25) is 0 Å². The van der Waals surface area contributed by atoms with Gasteiger partial charge in [0.25, 0.3) is 5.91 Å². The predicted octanol–water partition coefficient (Wildman–Crippen LogP) is 5.02. The van der Waals surface area contributed by atoms with Crippen molar-refractivity contribution in [1.29, 1.82) is 0 Å². The van der Waals surface area contributed by atoms with Crippen LogP contribution in [0, 0.1) is 0 Å². The standard InChI is InChI=1S/C24H21ClF3N5OS/c1-14-11-29-6-7-32(14)23-31-22(34)21(35-23)9-15-2-5-20-17(8-15)12-30-33(20)13-16-3-4-18(25)10-19(16)24(26,27)28/h2-5,8-10,12,14,29H,6-7,11,13H2,1H3/t14-/m1/s1. The normalized spacial score (nSPS) is 20.2. The molecule has 1 N–H and O–H groups in total. The molecule has 5 rings (SSSR count). The maximum absolute atomic E-state index is 13.5. The third-order valence-electron chi connectivity index (χ3n) is 6.02. The van der Waals surface area contributed by atoms with E-state index in [0.29, 0.717) is 15.6 Å². The first-order valence-corrected chi connectivity index (χ1v) is 12.2. The first kappa shape index (κ1) is 23.9. The van der Waals surface area contributed by atoms with Crippen LogP contribution in [0.5, 0.6) is 0 Å². The van der Waals surface area contributed by atoms with Crippen LogP contribution in [0.25, 0.3) is 17.0 Å². The number of amides is 1. The molecule has 1 saturated heterocycles. The number of hydrogen-bond acceptors (Lipinski definition) is 5.